The molecule has 0 saturated carbocycles. The normalized spacial score (nSPS) is 13.0. The van der Waals surface area contributed by atoms with Crippen LogP contribution in [0.5, 0.6) is 0 Å². The quantitative estimate of drug-likeness (QED) is 0.0261. The molecular weight excluding hydrogens is 913 g/mol. The minimum Gasteiger partial charge on any atom is -0.462 e. The summed E-state index contributed by atoms with van der Waals surface area (Å²) in [6, 6.07) is 0. The van der Waals surface area contributed by atoms with Crippen LogP contribution in [-0.4, -0.2) is 37.2 Å². The van der Waals surface area contributed by atoms with E-state index in [-0.39, 0.29) is 31.1 Å². The van der Waals surface area contributed by atoms with Gasteiger partial charge in [0.05, 0.1) is 0 Å². The molecule has 0 N–H and O–H groups in total. The van der Waals surface area contributed by atoms with Crippen molar-refractivity contribution < 1.29 is 28.6 Å². The fourth-order valence-corrected chi connectivity index (χ4v) is 8.16. The highest BCUT2D eigenvalue weighted by atomic mass is 16.6. The topological polar surface area (TPSA) is 78.9 Å². The first-order valence-electron chi connectivity index (χ1n) is 30.5. The summed E-state index contributed by atoms with van der Waals surface area (Å²) in [6.07, 6.45) is 84.8. The average molecular weight is 1030 g/mol. The molecular formula is C68H112O6. The Morgan fingerprint density at radius 1 is 0.284 bits per heavy atom. The zero-order valence-electron chi connectivity index (χ0n) is 48.1. The van der Waals surface area contributed by atoms with Gasteiger partial charge in [0.15, 0.2) is 6.10 Å². The number of allylic oxidation sites excluding steroid dienone is 20. The number of unbranched alkanes of at least 4 members (excludes halogenated alkanes) is 23. The molecule has 1 atom stereocenters. The molecule has 0 rings (SSSR count). The standard InChI is InChI=1S/C68H112O6/c1-4-7-10-13-16-19-22-25-28-30-32-33-34-35-36-38-40-43-46-49-52-55-58-61-67(70)73-64-65(63-72-66(69)60-57-54-51-48-45-42-39-27-24-21-18-15-12-9-6-3)74-68(71)62-59-56-53-50-47-44-41-37-31-29-26-23-20-17-14-11-8-5-2/h7,9-10,12,16,18-21,23,25,27-29,31-33,39,45,48,65H,4-6,8,11,13-15,17,22,24,26,30,34-38,40-44,46-47,49-64H2,1-3H3/b10-7-,12-9-,19-16-,21-18-,23-20-,28-25-,31-29-,33-32-,39-27-,48-45-. The van der Waals surface area contributed by atoms with Crippen molar-refractivity contribution in [1.82, 2.24) is 0 Å². The van der Waals surface area contributed by atoms with Gasteiger partial charge in [-0.25, -0.2) is 0 Å². The summed E-state index contributed by atoms with van der Waals surface area (Å²) in [4.78, 5) is 38.3. The van der Waals surface area contributed by atoms with Crippen molar-refractivity contribution in [3.8, 4) is 0 Å². The van der Waals surface area contributed by atoms with Crippen molar-refractivity contribution >= 4 is 17.9 Å². The van der Waals surface area contributed by atoms with E-state index in [0.29, 0.717) is 19.3 Å². The van der Waals surface area contributed by atoms with Crippen LogP contribution >= 0.6 is 0 Å². The van der Waals surface area contributed by atoms with Gasteiger partial charge in [0.1, 0.15) is 13.2 Å². The summed E-state index contributed by atoms with van der Waals surface area (Å²) in [5.41, 5.74) is 0. The summed E-state index contributed by atoms with van der Waals surface area (Å²) in [7, 11) is 0. The molecule has 0 spiro atoms. The molecule has 0 aliphatic rings. The Balaban J connectivity index is 4.43. The molecule has 0 aliphatic carbocycles. The van der Waals surface area contributed by atoms with Crippen molar-refractivity contribution in [2.75, 3.05) is 13.2 Å². The van der Waals surface area contributed by atoms with E-state index in [1.165, 1.54) is 109 Å². The Hall–Kier alpha value is -4.19. The van der Waals surface area contributed by atoms with Crippen LogP contribution in [0.1, 0.15) is 271 Å². The largest absolute Gasteiger partial charge is 0.462 e. The first-order chi connectivity index (χ1) is 36.5. The predicted octanol–water partition coefficient (Wildman–Crippen LogP) is 20.8. The molecule has 74 heavy (non-hydrogen) atoms. The second-order valence-electron chi connectivity index (χ2n) is 19.8. The number of hydrogen-bond acceptors (Lipinski definition) is 6. The maximum atomic E-state index is 12.9. The van der Waals surface area contributed by atoms with Crippen LogP contribution in [0.2, 0.25) is 0 Å². The first-order valence-corrected chi connectivity index (χ1v) is 30.5. The Labute approximate surface area is 456 Å². The Morgan fingerprint density at radius 2 is 0.527 bits per heavy atom. The highest BCUT2D eigenvalue weighted by molar-refractivity contribution is 5.71. The molecule has 0 saturated heterocycles. The zero-order valence-corrected chi connectivity index (χ0v) is 48.1. The molecule has 6 nitrogen and oxygen atoms in total. The second-order valence-corrected chi connectivity index (χ2v) is 19.8. The van der Waals surface area contributed by atoms with E-state index in [9.17, 15) is 14.4 Å². The van der Waals surface area contributed by atoms with Crippen molar-refractivity contribution in [1.29, 1.82) is 0 Å². The number of esters is 3. The van der Waals surface area contributed by atoms with E-state index in [1.54, 1.807) is 0 Å². The van der Waals surface area contributed by atoms with Gasteiger partial charge in [-0.3, -0.25) is 14.4 Å². The third-order valence-electron chi connectivity index (χ3n) is 12.7. The third-order valence-corrected chi connectivity index (χ3v) is 12.7. The lowest BCUT2D eigenvalue weighted by atomic mass is 10.1. The van der Waals surface area contributed by atoms with Crippen molar-refractivity contribution in [2.24, 2.45) is 0 Å². The molecule has 0 amide bonds. The van der Waals surface area contributed by atoms with Crippen LogP contribution in [-0.2, 0) is 28.6 Å². The van der Waals surface area contributed by atoms with Gasteiger partial charge in [-0.15, -0.1) is 0 Å². The molecule has 420 valence electrons. The van der Waals surface area contributed by atoms with Crippen LogP contribution in [0, 0.1) is 0 Å². The maximum Gasteiger partial charge on any atom is 0.306 e. The number of ether oxygens (including phenoxy) is 3. The summed E-state index contributed by atoms with van der Waals surface area (Å²) in [5.74, 6) is -0.952. The summed E-state index contributed by atoms with van der Waals surface area (Å²) >= 11 is 0. The fourth-order valence-electron chi connectivity index (χ4n) is 8.16. The Kier molecular flexibility index (Phi) is 57.9. The molecule has 1 unspecified atom stereocenters. The highest BCUT2D eigenvalue weighted by Crippen LogP contribution is 2.15. The van der Waals surface area contributed by atoms with Gasteiger partial charge in [-0.2, -0.15) is 0 Å². The van der Waals surface area contributed by atoms with E-state index in [2.05, 4.69) is 142 Å². The van der Waals surface area contributed by atoms with E-state index in [1.807, 2.05) is 0 Å². The van der Waals surface area contributed by atoms with Gasteiger partial charge in [0.2, 0.25) is 0 Å². The van der Waals surface area contributed by atoms with Gasteiger partial charge in [-0.1, -0.05) is 245 Å². The van der Waals surface area contributed by atoms with Gasteiger partial charge >= 0.3 is 17.9 Å². The minimum atomic E-state index is -0.805. The Morgan fingerprint density at radius 3 is 0.851 bits per heavy atom. The van der Waals surface area contributed by atoms with Gasteiger partial charge in [0, 0.05) is 19.3 Å². The van der Waals surface area contributed by atoms with Gasteiger partial charge in [0.25, 0.3) is 0 Å². The van der Waals surface area contributed by atoms with E-state index >= 15 is 0 Å². The van der Waals surface area contributed by atoms with Crippen molar-refractivity contribution in [3.05, 3.63) is 122 Å². The van der Waals surface area contributed by atoms with Crippen LogP contribution in [0.3, 0.4) is 0 Å². The Bertz CT molecular complexity index is 1550. The number of carbonyl (C=O) groups is 3. The number of rotatable bonds is 54. The molecule has 0 radical (unpaired) electrons. The fraction of sp³-hybridized carbons (Fsp3) is 0.662. The molecule has 0 aromatic rings. The molecule has 6 heteroatoms. The van der Waals surface area contributed by atoms with E-state index < -0.39 is 6.10 Å². The number of carbonyl (C=O) groups excluding carboxylic acids is 3. The van der Waals surface area contributed by atoms with Gasteiger partial charge in [-0.05, 0) is 128 Å². The van der Waals surface area contributed by atoms with Crippen molar-refractivity contribution in [3.63, 3.8) is 0 Å². The average Bonchev–Trinajstić information content (AvgIpc) is 3.40. The van der Waals surface area contributed by atoms with E-state index in [4.69, 9.17) is 14.2 Å². The lowest BCUT2D eigenvalue weighted by molar-refractivity contribution is -0.167. The summed E-state index contributed by atoms with van der Waals surface area (Å²) in [6.45, 7) is 6.36. The zero-order chi connectivity index (χ0) is 53.6. The minimum absolute atomic E-state index is 0.0991. The third kappa shape index (κ3) is 58.7. The lowest BCUT2D eigenvalue weighted by Gasteiger charge is -2.18. The monoisotopic (exact) mass is 1020 g/mol. The molecule has 0 bridgehead atoms. The summed E-state index contributed by atoms with van der Waals surface area (Å²) < 4.78 is 16.9. The van der Waals surface area contributed by atoms with E-state index in [0.717, 1.165) is 122 Å². The molecule has 0 aliphatic heterocycles. The van der Waals surface area contributed by atoms with Crippen LogP contribution < -0.4 is 0 Å². The predicted molar refractivity (Wildman–Crippen MR) is 320 cm³/mol. The summed E-state index contributed by atoms with van der Waals surface area (Å²) in [5, 5.41) is 0. The first kappa shape index (κ1) is 69.8. The van der Waals surface area contributed by atoms with Gasteiger partial charge < -0.3 is 14.2 Å². The lowest BCUT2D eigenvalue weighted by Crippen LogP contribution is -2.30. The highest BCUT2D eigenvalue weighted by Gasteiger charge is 2.19. The van der Waals surface area contributed by atoms with Crippen LogP contribution in [0.15, 0.2) is 122 Å². The second kappa shape index (κ2) is 61.4. The molecule has 0 aromatic heterocycles. The SMILES string of the molecule is CC/C=C\C/C=C\C/C=C\C/C=C\CCCCCCCCCCCCC(=O)OCC(COC(=O)CCCC/C=C\C/C=C\C/C=C\C/C=C\CC)OC(=O)CCCCCCCCC/C=C\C/C=C\CCCCCC. The van der Waals surface area contributed by atoms with Crippen LogP contribution in [0.4, 0.5) is 0 Å². The number of hydrogen-bond donors (Lipinski definition) is 0. The van der Waals surface area contributed by atoms with Crippen molar-refractivity contribution in [2.45, 2.75) is 277 Å². The molecule has 0 fully saturated rings. The molecule has 0 heterocycles. The smallest absolute Gasteiger partial charge is 0.306 e. The molecule has 0 aromatic carbocycles. The van der Waals surface area contributed by atoms with Crippen LogP contribution in [0.25, 0.3) is 0 Å². The maximum absolute atomic E-state index is 12.9.